The fraction of sp³-hybridized carbons (Fsp3) is 0.667. The van der Waals surface area contributed by atoms with Crippen molar-refractivity contribution in [2.75, 3.05) is 18.3 Å². The van der Waals surface area contributed by atoms with Crippen molar-refractivity contribution >= 4 is 17.7 Å². The minimum Gasteiger partial charge on any atom is -0.467 e. The molecule has 0 aliphatic heterocycles. The summed E-state index contributed by atoms with van der Waals surface area (Å²) in [5, 5.41) is 0.625. The number of hydrogen-bond acceptors (Lipinski definition) is 7. The first-order valence-corrected chi connectivity index (χ1v) is 6.03. The Morgan fingerprint density at radius 2 is 2.12 bits per heavy atom. The molecule has 16 heavy (non-hydrogen) atoms. The minimum absolute atomic E-state index is 0.273. The zero-order valence-corrected chi connectivity index (χ0v) is 10.5. The molecule has 1 rings (SSSR count). The Morgan fingerprint density at radius 1 is 1.38 bits per heavy atom. The second-order valence-corrected chi connectivity index (χ2v) is 4.67. The van der Waals surface area contributed by atoms with Crippen LogP contribution in [-0.2, 0) is 0 Å². The molecule has 6 nitrogen and oxygen atoms in total. The van der Waals surface area contributed by atoms with E-state index in [1.54, 1.807) is 11.8 Å². The van der Waals surface area contributed by atoms with Crippen LogP contribution >= 0.6 is 11.8 Å². The van der Waals surface area contributed by atoms with Gasteiger partial charge in [-0.3, -0.25) is 5.43 Å². The molecular formula is C9H17N5OS. The number of thioether (sulfide) groups is 1. The topological polar surface area (TPSA) is 86.0 Å². The van der Waals surface area contributed by atoms with Crippen LogP contribution in [0.15, 0.2) is 5.16 Å². The number of nitrogen functional groups attached to an aromatic ring is 1. The van der Waals surface area contributed by atoms with E-state index in [0.717, 1.165) is 12.2 Å². The summed E-state index contributed by atoms with van der Waals surface area (Å²) in [6.45, 7) is 4.36. The van der Waals surface area contributed by atoms with E-state index >= 15 is 0 Å². The van der Waals surface area contributed by atoms with Gasteiger partial charge < -0.3 is 4.74 Å². The van der Waals surface area contributed by atoms with Crippen molar-refractivity contribution in [1.29, 1.82) is 0 Å². The van der Waals surface area contributed by atoms with E-state index in [9.17, 15) is 0 Å². The van der Waals surface area contributed by atoms with Crippen LogP contribution in [0.25, 0.3) is 0 Å². The molecule has 0 bridgehead atoms. The molecule has 0 spiro atoms. The van der Waals surface area contributed by atoms with Gasteiger partial charge in [0.05, 0.1) is 7.11 Å². The summed E-state index contributed by atoms with van der Waals surface area (Å²) < 4.78 is 4.95. The molecule has 0 atom stereocenters. The largest absolute Gasteiger partial charge is 0.467 e. The molecule has 0 amide bonds. The first-order valence-electron chi connectivity index (χ1n) is 5.05. The lowest BCUT2D eigenvalue weighted by atomic mass is 10.2. The maximum absolute atomic E-state index is 5.25. The third kappa shape index (κ3) is 4.19. The van der Waals surface area contributed by atoms with Crippen molar-refractivity contribution in [2.45, 2.75) is 25.4 Å². The fourth-order valence-corrected chi connectivity index (χ4v) is 2.01. The molecule has 0 radical (unpaired) electrons. The Labute approximate surface area is 99.4 Å². The third-order valence-electron chi connectivity index (χ3n) is 1.83. The fourth-order valence-electron chi connectivity index (χ4n) is 0.944. The van der Waals surface area contributed by atoms with Gasteiger partial charge in [-0.05, 0) is 12.3 Å². The van der Waals surface area contributed by atoms with Gasteiger partial charge in [0.1, 0.15) is 0 Å². The number of hydrazine groups is 1. The van der Waals surface area contributed by atoms with Crippen molar-refractivity contribution in [3.63, 3.8) is 0 Å². The molecule has 0 saturated heterocycles. The Hall–Kier alpha value is -1.08. The smallest absolute Gasteiger partial charge is 0.321 e. The molecule has 1 aromatic heterocycles. The molecule has 0 aliphatic rings. The number of nitrogens with two attached hydrogens (primary N) is 1. The van der Waals surface area contributed by atoms with E-state index in [1.165, 1.54) is 7.11 Å². The maximum atomic E-state index is 5.25. The number of hydrogen-bond donors (Lipinski definition) is 2. The van der Waals surface area contributed by atoms with Crippen LogP contribution in [0, 0.1) is 5.92 Å². The molecule has 7 heteroatoms. The molecule has 0 aliphatic carbocycles. The SMILES string of the molecule is COc1nc(NN)nc(SCCC(C)C)n1. The lowest BCUT2D eigenvalue weighted by Gasteiger charge is -2.06. The van der Waals surface area contributed by atoms with Crippen LogP contribution < -0.4 is 16.0 Å². The predicted octanol–water partition coefficient (Wildman–Crippen LogP) is 1.30. The average molecular weight is 243 g/mol. The van der Waals surface area contributed by atoms with Crippen molar-refractivity contribution in [2.24, 2.45) is 11.8 Å². The van der Waals surface area contributed by atoms with Crippen LogP contribution in [0.1, 0.15) is 20.3 Å². The second kappa shape index (κ2) is 6.49. The van der Waals surface area contributed by atoms with Gasteiger partial charge in [0.2, 0.25) is 5.95 Å². The number of ether oxygens (including phenoxy) is 1. The van der Waals surface area contributed by atoms with E-state index in [1.807, 2.05) is 0 Å². The van der Waals surface area contributed by atoms with Gasteiger partial charge in [-0.15, -0.1) is 0 Å². The van der Waals surface area contributed by atoms with E-state index in [4.69, 9.17) is 10.6 Å². The quantitative estimate of drug-likeness (QED) is 0.442. The number of nitrogens with zero attached hydrogens (tertiary/aromatic N) is 3. The van der Waals surface area contributed by atoms with Crippen molar-refractivity contribution in [3.05, 3.63) is 0 Å². The number of anilines is 1. The first kappa shape index (κ1) is 13.0. The monoisotopic (exact) mass is 243 g/mol. The van der Waals surface area contributed by atoms with Crippen molar-refractivity contribution in [3.8, 4) is 6.01 Å². The summed E-state index contributed by atoms with van der Waals surface area (Å²) in [6, 6.07) is 0.273. The summed E-state index contributed by atoms with van der Waals surface area (Å²) in [5.74, 6) is 7.21. The molecule has 1 aromatic rings. The van der Waals surface area contributed by atoms with Crippen LogP contribution in [0.4, 0.5) is 5.95 Å². The summed E-state index contributed by atoms with van der Waals surface area (Å²) in [4.78, 5) is 12.2. The van der Waals surface area contributed by atoms with Gasteiger partial charge in [-0.25, -0.2) is 5.84 Å². The highest BCUT2D eigenvalue weighted by molar-refractivity contribution is 7.99. The van der Waals surface area contributed by atoms with Gasteiger partial charge in [-0.2, -0.15) is 15.0 Å². The van der Waals surface area contributed by atoms with E-state index in [2.05, 4.69) is 34.2 Å². The van der Waals surface area contributed by atoms with Crippen LogP contribution in [-0.4, -0.2) is 27.8 Å². The summed E-state index contributed by atoms with van der Waals surface area (Å²) >= 11 is 1.57. The van der Waals surface area contributed by atoms with Crippen LogP contribution in [0.2, 0.25) is 0 Å². The summed E-state index contributed by atoms with van der Waals surface area (Å²) in [7, 11) is 1.51. The van der Waals surface area contributed by atoms with E-state index < -0.39 is 0 Å². The van der Waals surface area contributed by atoms with Gasteiger partial charge >= 0.3 is 6.01 Å². The highest BCUT2D eigenvalue weighted by Gasteiger charge is 2.06. The molecular weight excluding hydrogens is 226 g/mol. The van der Waals surface area contributed by atoms with Crippen molar-refractivity contribution < 1.29 is 4.74 Å². The molecule has 0 fully saturated rings. The van der Waals surface area contributed by atoms with Crippen molar-refractivity contribution in [1.82, 2.24) is 15.0 Å². The highest BCUT2D eigenvalue weighted by Crippen LogP contribution is 2.19. The molecule has 0 saturated carbocycles. The number of methoxy groups -OCH3 is 1. The Balaban J connectivity index is 2.64. The third-order valence-corrected chi connectivity index (χ3v) is 2.71. The normalized spacial score (nSPS) is 10.6. The standard InChI is InChI=1S/C9H17N5OS/c1-6(2)4-5-16-9-12-7(14-10)11-8(13-9)15-3/h6H,4-5,10H2,1-3H3,(H,11,12,13,14). The average Bonchev–Trinajstić information content (AvgIpc) is 2.28. The number of rotatable bonds is 6. The lowest BCUT2D eigenvalue weighted by Crippen LogP contribution is -2.12. The zero-order chi connectivity index (χ0) is 12.0. The summed E-state index contributed by atoms with van der Waals surface area (Å²) in [5.41, 5.74) is 2.39. The van der Waals surface area contributed by atoms with Crippen LogP contribution in [0.5, 0.6) is 6.01 Å². The molecule has 90 valence electrons. The van der Waals surface area contributed by atoms with E-state index in [0.29, 0.717) is 17.0 Å². The van der Waals surface area contributed by atoms with Crippen LogP contribution in [0.3, 0.4) is 0 Å². The first-order chi connectivity index (χ1) is 7.65. The molecule has 1 heterocycles. The minimum atomic E-state index is 0.273. The number of nitrogens with one attached hydrogen (secondary N) is 1. The predicted molar refractivity (Wildman–Crippen MR) is 64.4 cm³/mol. The van der Waals surface area contributed by atoms with Gasteiger partial charge in [0.25, 0.3) is 0 Å². The maximum Gasteiger partial charge on any atom is 0.321 e. The highest BCUT2D eigenvalue weighted by atomic mass is 32.2. The van der Waals surface area contributed by atoms with Gasteiger partial charge in [0.15, 0.2) is 5.16 Å². The zero-order valence-electron chi connectivity index (χ0n) is 9.73. The molecule has 3 N–H and O–H groups in total. The molecule has 0 aromatic carbocycles. The molecule has 0 unspecified atom stereocenters. The second-order valence-electron chi connectivity index (χ2n) is 3.60. The lowest BCUT2D eigenvalue weighted by molar-refractivity contribution is 0.373. The Kier molecular flexibility index (Phi) is 5.27. The van der Waals surface area contributed by atoms with E-state index in [-0.39, 0.29) is 6.01 Å². The Bertz CT molecular complexity index is 311. The van der Waals surface area contributed by atoms with Gasteiger partial charge in [0, 0.05) is 5.75 Å². The Morgan fingerprint density at radius 3 is 2.69 bits per heavy atom. The number of aromatic nitrogens is 3. The van der Waals surface area contributed by atoms with Gasteiger partial charge in [-0.1, -0.05) is 25.6 Å². The summed E-state index contributed by atoms with van der Waals surface area (Å²) in [6.07, 6.45) is 1.12.